The summed E-state index contributed by atoms with van der Waals surface area (Å²) >= 11 is 0. The van der Waals surface area contributed by atoms with Crippen LogP contribution >= 0.6 is 0 Å². The van der Waals surface area contributed by atoms with Crippen LogP contribution in [0.3, 0.4) is 0 Å². The van der Waals surface area contributed by atoms with E-state index in [2.05, 4.69) is 11.1 Å². The smallest absolute Gasteiger partial charge is 0.260 e. The summed E-state index contributed by atoms with van der Waals surface area (Å²) in [4.78, 5) is 16.4. The average Bonchev–Trinajstić information content (AvgIpc) is 2.35. The molecule has 3 rings (SSSR count). The molecule has 0 radical (unpaired) electrons. The molecule has 0 bridgehead atoms. The lowest BCUT2D eigenvalue weighted by molar-refractivity contribution is 1.02. The van der Waals surface area contributed by atoms with Gasteiger partial charge in [0.25, 0.3) is 5.56 Å². The molecule has 2 heterocycles. The van der Waals surface area contributed by atoms with E-state index in [0.717, 1.165) is 22.0 Å². The van der Waals surface area contributed by atoms with Gasteiger partial charge in [-0.25, -0.2) is 4.98 Å². The van der Waals surface area contributed by atoms with Gasteiger partial charge in [0.1, 0.15) is 5.65 Å². The molecule has 0 N–H and O–H groups in total. The lowest BCUT2D eigenvalue weighted by atomic mass is 10.1. The van der Waals surface area contributed by atoms with Crippen molar-refractivity contribution in [2.45, 2.75) is 13.8 Å². The lowest BCUT2D eigenvalue weighted by Crippen LogP contribution is -2.17. The summed E-state index contributed by atoms with van der Waals surface area (Å²) in [6.45, 7) is 3.79. The van der Waals surface area contributed by atoms with Crippen molar-refractivity contribution in [3.05, 3.63) is 58.1 Å². The minimum absolute atomic E-state index is 0.00357. The number of pyridine rings is 1. The molecule has 3 heteroatoms. The molecule has 0 atom stereocenters. The van der Waals surface area contributed by atoms with E-state index in [1.54, 1.807) is 17.5 Å². The van der Waals surface area contributed by atoms with E-state index in [9.17, 15) is 4.79 Å². The SMILES string of the molecule is Cc1cnc2c3ccccc3c(C)cn2c1=O. The topological polar surface area (TPSA) is 34.4 Å². The van der Waals surface area contributed by atoms with Gasteiger partial charge in [0, 0.05) is 23.3 Å². The summed E-state index contributed by atoms with van der Waals surface area (Å²) in [7, 11) is 0. The molecular formula is C14H12N2O. The third-order valence-corrected chi connectivity index (χ3v) is 3.08. The van der Waals surface area contributed by atoms with Crippen molar-refractivity contribution < 1.29 is 0 Å². The number of fused-ring (bicyclic) bond motifs is 3. The summed E-state index contributed by atoms with van der Waals surface area (Å²) in [5.41, 5.74) is 2.48. The molecule has 0 fully saturated rings. The minimum atomic E-state index is 0.00357. The molecule has 0 amide bonds. The Hall–Kier alpha value is -2.16. The van der Waals surface area contributed by atoms with Gasteiger partial charge in [0.15, 0.2) is 0 Å². The van der Waals surface area contributed by atoms with Crippen LogP contribution in [0.5, 0.6) is 0 Å². The van der Waals surface area contributed by atoms with Crippen LogP contribution in [0.4, 0.5) is 0 Å². The Labute approximate surface area is 98.4 Å². The quantitative estimate of drug-likeness (QED) is 0.550. The second-order valence-corrected chi connectivity index (χ2v) is 4.30. The van der Waals surface area contributed by atoms with Crippen LogP contribution in [0.1, 0.15) is 11.1 Å². The van der Waals surface area contributed by atoms with Crippen LogP contribution in [-0.4, -0.2) is 9.38 Å². The first-order valence-corrected chi connectivity index (χ1v) is 5.55. The summed E-state index contributed by atoms with van der Waals surface area (Å²) in [5.74, 6) is 0. The second-order valence-electron chi connectivity index (χ2n) is 4.30. The first-order chi connectivity index (χ1) is 8.18. The van der Waals surface area contributed by atoms with Gasteiger partial charge in [-0.3, -0.25) is 9.20 Å². The Morgan fingerprint density at radius 3 is 2.53 bits per heavy atom. The number of benzene rings is 1. The molecule has 0 aliphatic heterocycles. The van der Waals surface area contributed by atoms with E-state index in [0.29, 0.717) is 5.56 Å². The zero-order valence-electron chi connectivity index (χ0n) is 9.77. The molecule has 3 aromatic rings. The van der Waals surface area contributed by atoms with Gasteiger partial charge in [-0.1, -0.05) is 24.3 Å². The van der Waals surface area contributed by atoms with Crippen molar-refractivity contribution >= 4 is 16.4 Å². The van der Waals surface area contributed by atoms with Crippen LogP contribution in [0, 0.1) is 13.8 Å². The predicted octanol–water partition coefficient (Wildman–Crippen LogP) is 2.46. The van der Waals surface area contributed by atoms with Gasteiger partial charge < -0.3 is 0 Å². The van der Waals surface area contributed by atoms with E-state index in [-0.39, 0.29) is 5.56 Å². The highest BCUT2D eigenvalue weighted by molar-refractivity contribution is 5.95. The first-order valence-electron chi connectivity index (χ1n) is 5.55. The minimum Gasteiger partial charge on any atom is -0.269 e. The fraction of sp³-hybridized carbons (Fsp3) is 0.143. The van der Waals surface area contributed by atoms with Crippen LogP contribution in [-0.2, 0) is 0 Å². The molecule has 0 saturated carbocycles. The molecule has 3 nitrogen and oxygen atoms in total. The standard InChI is InChI=1S/C14H12N2O/c1-9-7-15-13-12-6-4-3-5-11(12)10(2)8-16(13)14(9)17/h3-8H,1-2H3. The maximum absolute atomic E-state index is 12.0. The van der Waals surface area contributed by atoms with Gasteiger partial charge in [0.2, 0.25) is 0 Å². The van der Waals surface area contributed by atoms with Gasteiger partial charge >= 0.3 is 0 Å². The number of rotatable bonds is 0. The number of hydrogen-bond acceptors (Lipinski definition) is 2. The molecule has 0 unspecified atom stereocenters. The number of hydrogen-bond donors (Lipinski definition) is 0. The molecule has 1 aromatic carbocycles. The van der Waals surface area contributed by atoms with Crippen LogP contribution in [0.15, 0.2) is 41.5 Å². The molecule has 17 heavy (non-hydrogen) atoms. The molecule has 0 aliphatic rings. The van der Waals surface area contributed by atoms with Crippen molar-refractivity contribution in [1.82, 2.24) is 9.38 Å². The maximum atomic E-state index is 12.0. The van der Waals surface area contributed by atoms with Crippen LogP contribution in [0.25, 0.3) is 16.4 Å². The Bertz CT molecular complexity index is 787. The summed E-state index contributed by atoms with van der Waals surface area (Å²) < 4.78 is 1.63. The predicted molar refractivity (Wildman–Crippen MR) is 68.4 cm³/mol. The lowest BCUT2D eigenvalue weighted by Gasteiger charge is -2.08. The summed E-state index contributed by atoms with van der Waals surface area (Å²) in [6, 6.07) is 8.02. The van der Waals surface area contributed by atoms with Gasteiger partial charge in [0.05, 0.1) is 0 Å². The van der Waals surface area contributed by atoms with E-state index < -0.39 is 0 Å². The van der Waals surface area contributed by atoms with E-state index in [4.69, 9.17) is 0 Å². The zero-order chi connectivity index (χ0) is 12.0. The van der Waals surface area contributed by atoms with Crippen molar-refractivity contribution in [2.24, 2.45) is 0 Å². The fourth-order valence-corrected chi connectivity index (χ4v) is 2.17. The number of aryl methyl sites for hydroxylation is 2. The third-order valence-electron chi connectivity index (χ3n) is 3.08. The molecule has 2 aromatic heterocycles. The summed E-state index contributed by atoms with van der Waals surface area (Å²) in [6.07, 6.45) is 3.50. The first kappa shape index (κ1) is 10.0. The van der Waals surface area contributed by atoms with Gasteiger partial charge in [-0.2, -0.15) is 0 Å². The monoisotopic (exact) mass is 224 g/mol. The molecule has 0 aliphatic carbocycles. The van der Waals surface area contributed by atoms with Crippen molar-refractivity contribution in [3.63, 3.8) is 0 Å². The second kappa shape index (κ2) is 3.42. The van der Waals surface area contributed by atoms with Gasteiger partial charge in [-0.05, 0) is 24.8 Å². The molecule has 84 valence electrons. The third kappa shape index (κ3) is 1.35. The fourth-order valence-electron chi connectivity index (χ4n) is 2.17. The molecular weight excluding hydrogens is 212 g/mol. The highest BCUT2D eigenvalue weighted by Gasteiger charge is 2.06. The molecule has 0 spiro atoms. The van der Waals surface area contributed by atoms with E-state index in [1.807, 2.05) is 31.3 Å². The Balaban J connectivity index is 2.67. The van der Waals surface area contributed by atoms with Gasteiger partial charge in [-0.15, -0.1) is 0 Å². The molecule has 0 saturated heterocycles. The van der Waals surface area contributed by atoms with Crippen molar-refractivity contribution in [2.75, 3.05) is 0 Å². The average molecular weight is 224 g/mol. The van der Waals surface area contributed by atoms with E-state index >= 15 is 0 Å². The van der Waals surface area contributed by atoms with Crippen LogP contribution < -0.4 is 5.56 Å². The highest BCUT2D eigenvalue weighted by atomic mass is 16.1. The Morgan fingerprint density at radius 2 is 1.76 bits per heavy atom. The van der Waals surface area contributed by atoms with Crippen LogP contribution in [0.2, 0.25) is 0 Å². The van der Waals surface area contributed by atoms with Crippen molar-refractivity contribution in [1.29, 1.82) is 0 Å². The summed E-state index contributed by atoms with van der Waals surface area (Å²) in [5, 5.41) is 2.16. The Kier molecular flexibility index (Phi) is 2.01. The highest BCUT2D eigenvalue weighted by Crippen LogP contribution is 2.20. The number of nitrogens with zero attached hydrogens (tertiary/aromatic N) is 2. The van der Waals surface area contributed by atoms with E-state index in [1.165, 1.54) is 0 Å². The number of aromatic nitrogens is 2. The zero-order valence-corrected chi connectivity index (χ0v) is 9.77. The normalized spacial score (nSPS) is 11.2. The Morgan fingerprint density at radius 1 is 1.06 bits per heavy atom. The maximum Gasteiger partial charge on any atom is 0.260 e. The largest absolute Gasteiger partial charge is 0.269 e. The van der Waals surface area contributed by atoms with Crippen molar-refractivity contribution in [3.8, 4) is 0 Å².